The Morgan fingerprint density at radius 2 is 1.81 bits per heavy atom. The monoisotopic (exact) mass is 442 g/mol. The summed E-state index contributed by atoms with van der Waals surface area (Å²) in [4.78, 5) is 52.9. The second kappa shape index (κ2) is 9.75. The lowest BCUT2D eigenvalue weighted by molar-refractivity contribution is -0.139. The third-order valence-corrected chi connectivity index (χ3v) is 5.50. The number of hydrogen-bond acceptors (Lipinski definition) is 5. The van der Waals surface area contributed by atoms with E-state index in [0.29, 0.717) is 28.3 Å². The van der Waals surface area contributed by atoms with Crippen molar-refractivity contribution in [1.82, 2.24) is 4.90 Å². The van der Waals surface area contributed by atoms with E-state index in [2.05, 4.69) is 4.74 Å². The molecule has 1 fully saturated rings. The van der Waals surface area contributed by atoms with Crippen molar-refractivity contribution < 1.29 is 23.9 Å². The Kier molecular flexibility index (Phi) is 7.07. The van der Waals surface area contributed by atoms with E-state index in [-0.39, 0.29) is 25.3 Å². The van der Waals surface area contributed by atoms with Crippen LogP contribution in [0.4, 0.5) is 5.69 Å². The zero-order valence-electron chi connectivity index (χ0n) is 17.3. The van der Waals surface area contributed by atoms with Crippen LogP contribution in [0.1, 0.15) is 42.1 Å². The average Bonchev–Trinajstić information content (AvgIpc) is 3.06. The van der Waals surface area contributed by atoms with Gasteiger partial charge in [0.25, 0.3) is 5.91 Å². The fourth-order valence-electron chi connectivity index (χ4n) is 3.53. The number of methoxy groups -OCH3 is 1. The average molecular weight is 443 g/mol. The molecule has 3 amide bonds. The summed E-state index contributed by atoms with van der Waals surface area (Å²) in [5.41, 5.74) is 1.35. The Balaban J connectivity index is 1.88. The highest BCUT2D eigenvalue weighted by Gasteiger charge is 2.44. The molecule has 2 aromatic rings. The lowest BCUT2D eigenvalue weighted by atomic mass is 10.1. The van der Waals surface area contributed by atoms with Crippen LogP contribution in [0.5, 0.6) is 0 Å². The molecule has 7 nitrogen and oxygen atoms in total. The second-order valence-electron chi connectivity index (χ2n) is 7.19. The van der Waals surface area contributed by atoms with Gasteiger partial charge in [0.15, 0.2) is 0 Å². The van der Waals surface area contributed by atoms with E-state index in [1.165, 1.54) is 36.3 Å². The molecule has 0 N–H and O–H groups in total. The molecule has 0 aromatic heterocycles. The van der Waals surface area contributed by atoms with Gasteiger partial charge in [0, 0.05) is 18.0 Å². The summed E-state index contributed by atoms with van der Waals surface area (Å²) in [6, 6.07) is 12.2. The second-order valence-corrected chi connectivity index (χ2v) is 7.60. The molecule has 1 atom stereocenters. The lowest BCUT2D eigenvalue weighted by Crippen LogP contribution is -2.45. The van der Waals surface area contributed by atoms with Crippen LogP contribution in [0, 0.1) is 0 Å². The van der Waals surface area contributed by atoms with Gasteiger partial charge >= 0.3 is 5.97 Å². The van der Waals surface area contributed by atoms with E-state index in [1.807, 2.05) is 6.92 Å². The Morgan fingerprint density at radius 3 is 2.42 bits per heavy atom. The highest BCUT2D eigenvalue weighted by Crippen LogP contribution is 2.29. The molecule has 2 aromatic carbocycles. The summed E-state index contributed by atoms with van der Waals surface area (Å²) >= 11 is 6.26. The molecule has 31 heavy (non-hydrogen) atoms. The molecule has 0 aliphatic carbocycles. The number of esters is 1. The van der Waals surface area contributed by atoms with Gasteiger partial charge in [-0.1, -0.05) is 36.7 Å². The van der Waals surface area contributed by atoms with Crippen molar-refractivity contribution in [1.29, 1.82) is 0 Å². The van der Waals surface area contributed by atoms with Crippen molar-refractivity contribution >= 4 is 41.0 Å². The number of hydrogen-bond donors (Lipinski definition) is 0. The molecule has 0 spiro atoms. The molecule has 1 unspecified atom stereocenters. The maximum atomic E-state index is 13.2. The molecule has 1 aliphatic rings. The van der Waals surface area contributed by atoms with E-state index < -0.39 is 23.8 Å². The quantitative estimate of drug-likeness (QED) is 0.483. The number of amides is 3. The van der Waals surface area contributed by atoms with Crippen LogP contribution in [0.25, 0.3) is 0 Å². The molecular formula is C23H23ClN2O5. The van der Waals surface area contributed by atoms with Crippen LogP contribution in [0.3, 0.4) is 0 Å². The number of ether oxygens (including phenoxy) is 1. The number of anilines is 1. The first-order chi connectivity index (χ1) is 14.9. The van der Waals surface area contributed by atoms with E-state index >= 15 is 0 Å². The van der Waals surface area contributed by atoms with Gasteiger partial charge in [0.2, 0.25) is 11.8 Å². The maximum absolute atomic E-state index is 13.2. The smallest absolute Gasteiger partial charge is 0.337 e. The van der Waals surface area contributed by atoms with Crippen molar-refractivity contribution in [3.8, 4) is 0 Å². The zero-order valence-corrected chi connectivity index (χ0v) is 18.1. The minimum absolute atomic E-state index is 0.114. The number of benzene rings is 2. The van der Waals surface area contributed by atoms with E-state index in [4.69, 9.17) is 11.6 Å². The Labute approximate surface area is 185 Å². The van der Waals surface area contributed by atoms with Gasteiger partial charge in [-0.3, -0.25) is 14.4 Å². The largest absolute Gasteiger partial charge is 0.465 e. The summed E-state index contributed by atoms with van der Waals surface area (Å²) in [7, 11) is 1.27. The zero-order chi connectivity index (χ0) is 22.5. The normalized spacial score (nSPS) is 15.8. The Hall–Kier alpha value is -3.19. The molecule has 0 saturated carbocycles. The van der Waals surface area contributed by atoms with E-state index in [0.717, 1.165) is 4.90 Å². The summed E-state index contributed by atoms with van der Waals surface area (Å²) in [6.07, 6.45) is 0.763. The van der Waals surface area contributed by atoms with Crippen LogP contribution < -0.4 is 4.90 Å². The molecule has 0 radical (unpaired) electrons. The first kappa shape index (κ1) is 22.5. The summed E-state index contributed by atoms with van der Waals surface area (Å²) in [5.74, 6) is -1.61. The number of imide groups is 1. The van der Waals surface area contributed by atoms with Crippen LogP contribution in [0.15, 0.2) is 48.5 Å². The van der Waals surface area contributed by atoms with Gasteiger partial charge in [0.1, 0.15) is 6.04 Å². The Bertz CT molecular complexity index is 1010. The van der Waals surface area contributed by atoms with Crippen molar-refractivity contribution in [2.75, 3.05) is 12.0 Å². The predicted molar refractivity (Wildman–Crippen MR) is 116 cm³/mol. The number of carbonyl (C=O) groups is 4. The standard InChI is InChI=1S/C23H23ClN2O5/c1-3-6-20(27)25(14-16-7-4-5-8-18(16)24)19-13-21(28)26(22(19)29)17-11-9-15(10-12-17)23(30)31-2/h4-5,7-12,19H,3,6,13-14H2,1-2H3. The van der Waals surface area contributed by atoms with E-state index in [1.54, 1.807) is 24.3 Å². The van der Waals surface area contributed by atoms with Crippen molar-refractivity contribution in [3.63, 3.8) is 0 Å². The first-order valence-electron chi connectivity index (χ1n) is 9.95. The van der Waals surface area contributed by atoms with Crippen LogP contribution in [-0.4, -0.2) is 41.7 Å². The van der Waals surface area contributed by atoms with E-state index in [9.17, 15) is 19.2 Å². The molecule has 1 aliphatic heterocycles. The molecule has 0 bridgehead atoms. The number of nitrogens with zero attached hydrogens (tertiary/aromatic N) is 2. The van der Waals surface area contributed by atoms with Crippen LogP contribution >= 0.6 is 11.6 Å². The fraction of sp³-hybridized carbons (Fsp3) is 0.304. The summed E-state index contributed by atoms with van der Waals surface area (Å²) in [5, 5.41) is 0.490. The minimum Gasteiger partial charge on any atom is -0.465 e. The topological polar surface area (TPSA) is 84.0 Å². The van der Waals surface area contributed by atoms with Gasteiger partial charge in [0.05, 0.1) is 24.8 Å². The lowest BCUT2D eigenvalue weighted by Gasteiger charge is -2.28. The van der Waals surface area contributed by atoms with Gasteiger partial charge in [-0.2, -0.15) is 0 Å². The van der Waals surface area contributed by atoms with Gasteiger partial charge in [-0.05, 0) is 42.3 Å². The van der Waals surface area contributed by atoms with Crippen molar-refractivity contribution in [2.45, 2.75) is 38.8 Å². The number of rotatable bonds is 7. The first-order valence-corrected chi connectivity index (χ1v) is 10.3. The third-order valence-electron chi connectivity index (χ3n) is 5.13. The molecule has 1 heterocycles. The molecule has 162 valence electrons. The molecular weight excluding hydrogens is 420 g/mol. The fourth-order valence-corrected chi connectivity index (χ4v) is 3.73. The van der Waals surface area contributed by atoms with Crippen LogP contribution in [-0.2, 0) is 25.7 Å². The molecule has 1 saturated heterocycles. The van der Waals surface area contributed by atoms with Gasteiger partial charge in [-0.15, -0.1) is 0 Å². The Morgan fingerprint density at radius 1 is 1.13 bits per heavy atom. The highest BCUT2D eigenvalue weighted by atomic mass is 35.5. The molecule has 8 heteroatoms. The SMILES string of the molecule is CCCC(=O)N(Cc1ccccc1Cl)C1CC(=O)N(c2ccc(C(=O)OC)cc2)C1=O. The van der Waals surface area contributed by atoms with Gasteiger partial charge < -0.3 is 9.64 Å². The molecule has 3 rings (SSSR count). The number of carbonyl (C=O) groups excluding carboxylic acids is 4. The van der Waals surface area contributed by atoms with Gasteiger partial charge in [-0.25, -0.2) is 9.69 Å². The maximum Gasteiger partial charge on any atom is 0.337 e. The summed E-state index contributed by atoms with van der Waals surface area (Å²) < 4.78 is 4.67. The predicted octanol–water partition coefficient (Wildman–Crippen LogP) is 3.59. The van der Waals surface area contributed by atoms with Crippen LogP contribution in [0.2, 0.25) is 5.02 Å². The summed E-state index contributed by atoms with van der Waals surface area (Å²) in [6.45, 7) is 2.01. The van der Waals surface area contributed by atoms with Crippen molar-refractivity contribution in [3.05, 3.63) is 64.7 Å². The highest BCUT2D eigenvalue weighted by molar-refractivity contribution is 6.31. The van der Waals surface area contributed by atoms with Crippen molar-refractivity contribution in [2.24, 2.45) is 0 Å². The third kappa shape index (κ3) is 4.77. The number of halogens is 1. The minimum atomic E-state index is -0.914.